The summed E-state index contributed by atoms with van der Waals surface area (Å²) in [6.07, 6.45) is 5.65. The molecule has 5 aromatic rings. The van der Waals surface area contributed by atoms with Gasteiger partial charge in [0.1, 0.15) is 12.4 Å². The lowest BCUT2D eigenvalue weighted by molar-refractivity contribution is 0.306. The van der Waals surface area contributed by atoms with Crippen LogP contribution in [0, 0.1) is 0 Å². The average molecular weight is 459 g/mol. The molecule has 3 nitrogen and oxygen atoms in total. The number of nitrogens with zero attached hydrogens (tertiary/aromatic N) is 2. The normalized spacial score (nSPS) is 12.1. The van der Waals surface area contributed by atoms with Crippen LogP contribution < -0.4 is 4.74 Å². The van der Waals surface area contributed by atoms with Gasteiger partial charge in [0.15, 0.2) is 0 Å². The zero-order valence-electron chi connectivity index (χ0n) is 17.2. The van der Waals surface area contributed by atoms with E-state index < -0.39 is 0 Å². The summed E-state index contributed by atoms with van der Waals surface area (Å²) in [5.41, 5.74) is 3.24. The van der Waals surface area contributed by atoms with Gasteiger partial charge in [-0.1, -0.05) is 77.8 Å². The third-order valence-corrected chi connectivity index (χ3v) is 6.10. The highest BCUT2D eigenvalue weighted by Crippen LogP contribution is 2.31. The fourth-order valence-corrected chi connectivity index (χ4v) is 4.35. The van der Waals surface area contributed by atoms with E-state index in [4.69, 9.17) is 27.9 Å². The monoisotopic (exact) mass is 458 g/mol. The molecule has 158 valence electrons. The van der Waals surface area contributed by atoms with Gasteiger partial charge in [-0.05, 0) is 52.2 Å². The molecule has 4 aromatic carbocycles. The molecule has 32 heavy (non-hydrogen) atoms. The summed E-state index contributed by atoms with van der Waals surface area (Å²) in [4.78, 5) is 4.27. The van der Waals surface area contributed by atoms with Gasteiger partial charge in [-0.15, -0.1) is 0 Å². The van der Waals surface area contributed by atoms with E-state index in [0.29, 0.717) is 16.7 Å². The summed E-state index contributed by atoms with van der Waals surface area (Å²) < 4.78 is 8.07. The SMILES string of the molecule is Clc1ccc(COc2ccc(C(c3ccc4ccccc4c3)n3ccnc3)cc2)c(Cl)c1. The third-order valence-electron chi connectivity index (χ3n) is 5.52. The molecule has 1 unspecified atom stereocenters. The number of aromatic nitrogens is 2. The zero-order valence-corrected chi connectivity index (χ0v) is 18.7. The van der Waals surface area contributed by atoms with Crippen molar-refractivity contribution in [3.05, 3.63) is 130 Å². The second-order valence-electron chi connectivity index (χ2n) is 7.61. The van der Waals surface area contributed by atoms with Gasteiger partial charge < -0.3 is 9.30 Å². The number of halogens is 2. The lowest BCUT2D eigenvalue weighted by atomic mass is 9.96. The molecule has 1 heterocycles. The van der Waals surface area contributed by atoms with Gasteiger partial charge in [-0.3, -0.25) is 0 Å². The number of imidazole rings is 1. The Balaban J connectivity index is 1.42. The molecule has 0 fully saturated rings. The highest BCUT2D eigenvalue weighted by Gasteiger charge is 2.16. The van der Waals surface area contributed by atoms with E-state index in [0.717, 1.165) is 16.9 Å². The molecule has 0 saturated carbocycles. The fraction of sp³-hybridized carbons (Fsp3) is 0.0741. The minimum atomic E-state index is 0.0156. The molecule has 1 aromatic heterocycles. The van der Waals surface area contributed by atoms with Gasteiger partial charge in [-0.25, -0.2) is 4.98 Å². The Hall–Kier alpha value is -3.27. The predicted octanol–water partition coefficient (Wildman–Crippen LogP) is 7.56. The average Bonchev–Trinajstić information content (AvgIpc) is 3.34. The molecule has 0 spiro atoms. The minimum Gasteiger partial charge on any atom is -0.489 e. The molecular formula is C27H20Cl2N2O. The zero-order chi connectivity index (χ0) is 21.9. The largest absolute Gasteiger partial charge is 0.489 e. The smallest absolute Gasteiger partial charge is 0.119 e. The van der Waals surface area contributed by atoms with Crippen molar-refractivity contribution in [1.29, 1.82) is 0 Å². The number of fused-ring (bicyclic) bond motifs is 1. The molecule has 5 rings (SSSR count). The Kier molecular flexibility index (Phi) is 5.85. The van der Waals surface area contributed by atoms with Crippen molar-refractivity contribution in [2.75, 3.05) is 0 Å². The fourth-order valence-electron chi connectivity index (χ4n) is 3.88. The molecule has 0 saturated heterocycles. The number of hydrogen-bond donors (Lipinski definition) is 0. The number of benzene rings is 4. The van der Waals surface area contributed by atoms with Crippen LogP contribution in [0.2, 0.25) is 10.0 Å². The van der Waals surface area contributed by atoms with Gasteiger partial charge in [0, 0.05) is 28.0 Å². The summed E-state index contributed by atoms with van der Waals surface area (Å²) in [5.74, 6) is 0.780. The van der Waals surface area contributed by atoms with Crippen molar-refractivity contribution in [2.24, 2.45) is 0 Å². The lowest BCUT2D eigenvalue weighted by Crippen LogP contribution is -2.10. The number of rotatable bonds is 6. The predicted molar refractivity (Wildman–Crippen MR) is 131 cm³/mol. The van der Waals surface area contributed by atoms with Crippen LogP contribution in [0.25, 0.3) is 10.8 Å². The van der Waals surface area contributed by atoms with Crippen LogP contribution in [-0.2, 0) is 6.61 Å². The maximum absolute atomic E-state index is 6.26. The van der Waals surface area contributed by atoms with Crippen LogP contribution in [0.3, 0.4) is 0 Å². The van der Waals surface area contributed by atoms with Crippen molar-refractivity contribution in [1.82, 2.24) is 9.55 Å². The van der Waals surface area contributed by atoms with Crippen LogP contribution in [-0.4, -0.2) is 9.55 Å². The summed E-state index contributed by atoms with van der Waals surface area (Å²) in [6, 6.07) is 28.6. The molecular weight excluding hydrogens is 439 g/mol. The van der Waals surface area contributed by atoms with Crippen LogP contribution in [0.4, 0.5) is 0 Å². The molecule has 0 aliphatic rings. The topological polar surface area (TPSA) is 27.1 Å². The van der Waals surface area contributed by atoms with E-state index in [9.17, 15) is 0 Å². The van der Waals surface area contributed by atoms with Crippen molar-refractivity contribution in [3.8, 4) is 5.75 Å². The summed E-state index contributed by atoms with van der Waals surface area (Å²) in [7, 11) is 0. The van der Waals surface area contributed by atoms with Crippen molar-refractivity contribution in [3.63, 3.8) is 0 Å². The highest BCUT2D eigenvalue weighted by molar-refractivity contribution is 6.35. The molecule has 0 amide bonds. The maximum atomic E-state index is 6.26. The van der Waals surface area contributed by atoms with Crippen LogP contribution >= 0.6 is 23.2 Å². The van der Waals surface area contributed by atoms with Gasteiger partial charge in [0.25, 0.3) is 0 Å². The second-order valence-corrected chi connectivity index (χ2v) is 8.46. The lowest BCUT2D eigenvalue weighted by Gasteiger charge is -2.20. The Labute approximate surface area is 196 Å². The molecule has 0 bridgehead atoms. The Morgan fingerprint density at radius 1 is 0.812 bits per heavy atom. The van der Waals surface area contributed by atoms with Gasteiger partial charge in [-0.2, -0.15) is 0 Å². The van der Waals surface area contributed by atoms with E-state index in [-0.39, 0.29) is 6.04 Å². The molecule has 0 aliphatic heterocycles. The highest BCUT2D eigenvalue weighted by atomic mass is 35.5. The first kappa shape index (κ1) is 20.6. The van der Waals surface area contributed by atoms with Crippen LogP contribution in [0.1, 0.15) is 22.7 Å². The van der Waals surface area contributed by atoms with Crippen molar-refractivity contribution >= 4 is 34.0 Å². The molecule has 0 N–H and O–H groups in total. The Morgan fingerprint density at radius 3 is 2.34 bits per heavy atom. The number of hydrogen-bond acceptors (Lipinski definition) is 2. The van der Waals surface area contributed by atoms with Crippen molar-refractivity contribution < 1.29 is 4.74 Å². The van der Waals surface area contributed by atoms with E-state index >= 15 is 0 Å². The first-order valence-corrected chi connectivity index (χ1v) is 11.1. The number of ether oxygens (including phenoxy) is 1. The van der Waals surface area contributed by atoms with Gasteiger partial charge in [0.2, 0.25) is 0 Å². The van der Waals surface area contributed by atoms with E-state index in [1.54, 1.807) is 12.3 Å². The first-order chi connectivity index (χ1) is 15.7. The minimum absolute atomic E-state index is 0.0156. The van der Waals surface area contributed by atoms with Gasteiger partial charge in [0.05, 0.1) is 12.4 Å². The molecule has 0 aliphatic carbocycles. The van der Waals surface area contributed by atoms with E-state index in [2.05, 4.69) is 64.1 Å². The molecule has 1 atom stereocenters. The Morgan fingerprint density at radius 2 is 1.59 bits per heavy atom. The second kappa shape index (κ2) is 9.07. The first-order valence-electron chi connectivity index (χ1n) is 10.3. The maximum Gasteiger partial charge on any atom is 0.119 e. The van der Waals surface area contributed by atoms with Crippen LogP contribution in [0.15, 0.2) is 104 Å². The summed E-state index contributed by atoms with van der Waals surface area (Å²) >= 11 is 12.2. The van der Waals surface area contributed by atoms with Crippen LogP contribution in [0.5, 0.6) is 5.75 Å². The van der Waals surface area contributed by atoms with E-state index in [1.165, 1.54) is 16.3 Å². The quantitative estimate of drug-likeness (QED) is 0.262. The standard InChI is InChI=1S/C27H20Cl2N2O/c28-24-10-7-23(26(29)16-24)17-32-25-11-8-20(9-12-25)27(31-14-13-30-18-31)22-6-5-19-3-1-2-4-21(19)15-22/h1-16,18,27H,17H2. The van der Waals surface area contributed by atoms with Gasteiger partial charge >= 0.3 is 0 Å². The summed E-state index contributed by atoms with van der Waals surface area (Å²) in [6.45, 7) is 0.380. The van der Waals surface area contributed by atoms with Crippen molar-refractivity contribution in [2.45, 2.75) is 12.6 Å². The molecule has 0 radical (unpaired) electrons. The summed E-state index contributed by atoms with van der Waals surface area (Å²) in [5, 5.41) is 3.66. The molecule has 5 heteroatoms. The third kappa shape index (κ3) is 4.36. The Bertz CT molecular complexity index is 1350. The van der Waals surface area contributed by atoms with E-state index in [1.807, 2.05) is 36.8 Å².